The van der Waals surface area contributed by atoms with Crippen LogP contribution in [0.3, 0.4) is 0 Å². The minimum absolute atomic E-state index is 0.116. The van der Waals surface area contributed by atoms with Gasteiger partial charge in [-0.25, -0.2) is 0 Å². The molecule has 0 saturated carbocycles. The Balaban J connectivity index is 3.15. The van der Waals surface area contributed by atoms with Gasteiger partial charge in [0.1, 0.15) is 0 Å². The van der Waals surface area contributed by atoms with Crippen molar-refractivity contribution in [2.24, 2.45) is 0 Å². The molecule has 0 spiro atoms. The van der Waals surface area contributed by atoms with Gasteiger partial charge in [0.05, 0.1) is 0 Å². The summed E-state index contributed by atoms with van der Waals surface area (Å²) in [6.45, 7) is 2.61. The zero-order valence-corrected chi connectivity index (χ0v) is 8.60. The fourth-order valence-corrected chi connectivity index (χ4v) is 1.26. The van der Waals surface area contributed by atoms with Gasteiger partial charge in [0.2, 0.25) is 0 Å². The summed E-state index contributed by atoms with van der Waals surface area (Å²) in [5.41, 5.74) is -2.12. The summed E-state index contributed by atoms with van der Waals surface area (Å²) < 4.78 is 37.5. The van der Waals surface area contributed by atoms with Crippen LogP contribution in [0.2, 0.25) is 0 Å². The summed E-state index contributed by atoms with van der Waals surface area (Å²) in [7, 11) is 0. The van der Waals surface area contributed by atoms with Crippen LogP contribution in [-0.2, 0) is 12.0 Å². The van der Waals surface area contributed by atoms with Gasteiger partial charge < -0.3 is 5.11 Å². The molecule has 4 heteroatoms. The molecule has 0 bridgehead atoms. The Hall–Kier alpha value is -1.03. The standard InChI is InChI=1S/C11H13F3O/c1-3-8-5-4-6-9(7-8)10(2,15)11(12,13)14/h4-7,15H,3H2,1-2H3. The number of aryl methyl sites for hydroxylation is 1. The average Bonchev–Trinajstić information content (AvgIpc) is 2.16. The van der Waals surface area contributed by atoms with E-state index in [-0.39, 0.29) is 5.56 Å². The molecular formula is C11H13F3O. The number of alkyl halides is 3. The number of hydrogen-bond donors (Lipinski definition) is 1. The predicted molar refractivity (Wildman–Crippen MR) is 51.4 cm³/mol. The topological polar surface area (TPSA) is 20.2 Å². The highest BCUT2D eigenvalue weighted by Gasteiger charge is 2.51. The maximum Gasteiger partial charge on any atom is 0.421 e. The third-order valence-corrected chi connectivity index (χ3v) is 2.45. The molecule has 0 aliphatic carbocycles. The molecule has 0 fully saturated rings. The van der Waals surface area contributed by atoms with Crippen LogP contribution in [0, 0.1) is 0 Å². The molecule has 1 atom stereocenters. The van der Waals surface area contributed by atoms with E-state index >= 15 is 0 Å². The molecule has 15 heavy (non-hydrogen) atoms. The normalized spacial score (nSPS) is 16.1. The zero-order chi connectivity index (χ0) is 11.7. The van der Waals surface area contributed by atoms with Crippen LogP contribution >= 0.6 is 0 Å². The molecule has 1 aromatic rings. The Kier molecular flexibility index (Phi) is 3.09. The molecule has 0 amide bonds. The second-order valence-corrected chi connectivity index (χ2v) is 3.62. The van der Waals surface area contributed by atoms with Gasteiger partial charge in [0.25, 0.3) is 0 Å². The molecule has 0 aliphatic heterocycles. The van der Waals surface area contributed by atoms with E-state index in [4.69, 9.17) is 0 Å². The lowest BCUT2D eigenvalue weighted by Gasteiger charge is -2.27. The SMILES string of the molecule is CCc1cccc(C(C)(O)C(F)(F)F)c1. The van der Waals surface area contributed by atoms with Crippen molar-refractivity contribution in [3.63, 3.8) is 0 Å². The molecule has 0 radical (unpaired) electrons. The zero-order valence-electron chi connectivity index (χ0n) is 8.60. The van der Waals surface area contributed by atoms with Crippen molar-refractivity contribution < 1.29 is 18.3 Å². The maximum atomic E-state index is 12.5. The molecule has 0 aromatic heterocycles. The largest absolute Gasteiger partial charge is 0.421 e. The van der Waals surface area contributed by atoms with Gasteiger partial charge in [-0.2, -0.15) is 13.2 Å². The second kappa shape index (κ2) is 3.85. The number of rotatable bonds is 2. The van der Waals surface area contributed by atoms with Crippen molar-refractivity contribution in [3.8, 4) is 0 Å². The molecule has 84 valence electrons. The quantitative estimate of drug-likeness (QED) is 0.809. The fourth-order valence-electron chi connectivity index (χ4n) is 1.26. The first-order chi connectivity index (χ1) is 6.79. The maximum absolute atomic E-state index is 12.5. The number of hydrogen-bond acceptors (Lipinski definition) is 1. The van der Waals surface area contributed by atoms with E-state index in [1.54, 1.807) is 6.07 Å². The van der Waals surface area contributed by atoms with E-state index in [0.29, 0.717) is 6.42 Å². The summed E-state index contributed by atoms with van der Waals surface area (Å²) in [4.78, 5) is 0. The average molecular weight is 218 g/mol. The van der Waals surface area contributed by atoms with Gasteiger partial charge in [-0.15, -0.1) is 0 Å². The highest BCUT2D eigenvalue weighted by molar-refractivity contribution is 5.28. The van der Waals surface area contributed by atoms with Crippen molar-refractivity contribution in [2.45, 2.75) is 32.0 Å². The van der Waals surface area contributed by atoms with E-state index in [9.17, 15) is 18.3 Å². The van der Waals surface area contributed by atoms with Crippen LogP contribution in [0.25, 0.3) is 0 Å². The van der Waals surface area contributed by atoms with Crippen molar-refractivity contribution in [1.29, 1.82) is 0 Å². The Morgan fingerprint density at radius 2 is 1.87 bits per heavy atom. The summed E-state index contributed by atoms with van der Waals surface area (Å²) >= 11 is 0. The predicted octanol–water partition coefficient (Wildman–Crippen LogP) is 3.02. The molecule has 1 N–H and O–H groups in total. The fraction of sp³-hybridized carbons (Fsp3) is 0.455. The van der Waals surface area contributed by atoms with Gasteiger partial charge in [-0.1, -0.05) is 31.2 Å². The minimum atomic E-state index is -4.65. The lowest BCUT2D eigenvalue weighted by atomic mass is 9.93. The first kappa shape index (κ1) is 12.0. The summed E-state index contributed by atoms with van der Waals surface area (Å²) in [6, 6.07) is 5.92. The molecule has 1 unspecified atom stereocenters. The highest BCUT2D eigenvalue weighted by atomic mass is 19.4. The van der Waals surface area contributed by atoms with Gasteiger partial charge in [0.15, 0.2) is 5.60 Å². The van der Waals surface area contributed by atoms with Crippen LogP contribution in [0.1, 0.15) is 25.0 Å². The Morgan fingerprint density at radius 1 is 1.27 bits per heavy atom. The third-order valence-electron chi connectivity index (χ3n) is 2.45. The molecule has 0 saturated heterocycles. The second-order valence-electron chi connectivity index (χ2n) is 3.62. The number of aliphatic hydroxyl groups is 1. The van der Waals surface area contributed by atoms with Crippen LogP contribution < -0.4 is 0 Å². The third kappa shape index (κ3) is 2.31. The lowest BCUT2D eigenvalue weighted by Crippen LogP contribution is -2.39. The molecule has 0 heterocycles. The van der Waals surface area contributed by atoms with Crippen LogP contribution in [0.4, 0.5) is 13.2 Å². The van der Waals surface area contributed by atoms with Crippen molar-refractivity contribution in [3.05, 3.63) is 35.4 Å². The van der Waals surface area contributed by atoms with Gasteiger partial charge in [-0.3, -0.25) is 0 Å². The smallest absolute Gasteiger partial charge is 0.376 e. The first-order valence-corrected chi connectivity index (χ1v) is 4.67. The molecular weight excluding hydrogens is 205 g/mol. The molecule has 1 nitrogen and oxygen atoms in total. The Morgan fingerprint density at radius 3 is 2.33 bits per heavy atom. The van der Waals surface area contributed by atoms with Crippen LogP contribution in [0.5, 0.6) is 0 Å². The first-order valence-electron chi connectivity index (χ1n) is 4.67. The molecule has 1 aromatic carbocycles. The Labute approximate surface area is 86.5 Å². The van der Waals surface area contributed by atoms with Gasteiger partial charge >= 0.3 is 6.18 Å². The lowest BCUT2D eigenvalue weighted by molar-refractivity contribution is -0.258. The summed E-state index contributed by atoms with van der Waals surface area (Å²) in [5.74, 6) is 0. The van der Waals surface area contributed by atoms with E-state index in [0.717, 1.165) is 12.5 Å². The van der Waals surface area contributed by atoms with E-state index in [2.05, 4.69) is 0 Å². The minimum Gasteiger partial charge on any atom is -0.376 e. The van der Waals surface area contributed by atoms with Crippen molar-refractivity contribution in [2.75, 3.05) is 0 Å². The van der Waals surface area contributed by atoms with E-state index in [1.807, 2.05) is 6.92 Å². The molecule has 0 aliphatic rings. The highest BCUT2D eigenvalue weighted by Crippen LogP contribution is 2.38. The monoisotopic (exact) mass is 218 g/mol. The summed E-state index contributed by atoms with van der Waals surface area (Å²) in [6.07, 6.45) is -4.01. The molecule has 1 rings (SSSR count). The van der Waals surface area contributed by atoms with E-state index < -0.39 is 11.8 Å². The van der Waals surface area contributed by atoms with Gasteiger partial charge in [0, 0.05) is 0 Å². The van der Waals surface area contributed by atoms with Crippen LogP contribution in [-0.4, -0.2) is 11.3 Å². The van der Waals surface area contributed by atoms with E-state index in [1.165, 1.54) is 18.2 Å². The van der Waals surface area contributed by atoms with Crippen LogP contribution in [0.15, 0.2) is 24.3 Å². The van der Waals surface area contributed by atoms with Gasteiger partial charge in [-0.05, 0) is 24.5 Å². The summed E-state index contributed by atoms with van der Waals surface area (Å²) in [5, 5.41) is 9.42. The van der Waals surface area contributed by atoms with Crippen molar-refractivity contribution in [1.82, 2.24) is 0 Å². The van der Waals surface area contributed by atoms with Crippen molar-refractivity contribution >= 4 is 0 Å². The number of benzene rings is 1. The Bertz CT molecular complexity index is 342. The number of halogens is 3.